The predicted molar refractivity (Wildman–Crippen MR) is 121 cm³/mol. The van der Waals surface area contributed by atoms with Gasteiger partial charge in [0, 0.05) is 12.5 Å². The molecule has 1 amide bonds. The van der Waals surface area contributed by atoms with Gasteiger partial charge >= 0.3 is 0 Å². The van der Waals surface area contributed by atoms with Crippen LogP contribution < -0.4 is 5.32 Å². The number of hydrogen-bond acceptors (Lipinski definition) is 1. The van der Waals surface area contributed by atoms with Crippen molar-refractivity contribution in [2.24, 2.45) is 0 Å². The summed E-state index contributed by atoms with van der Waals surface area (Å²) in [7, 11) is 0. The van der Waals surface area contributed by atoms with Gasteiger partial charge in [0.1, 0.15) is 0 Å². The predicted octanol–water partition coefficient (Wildman–Crippen LogP) is 8.15. The summed E-state index contributed by atoms with van der Waals surface area (Å²) in [6.07, 6.45) is 27.0. The minimum Gasteiger partial charge on any atom is -0.354 e. The smallest absolute Gasteiger partial charge is 0.220 e. The molecule has 1 N–H and O–H groups in total. The Morgan fingerprint density at radius 1 is 0.630 bits per heavy atom. The number of amides is 1. The second-order valence-electron chi connectivity index (χ2n) is 8.58. The highest BCUT2D eigenvalue weighted by atomic mass is 16.1. The topological polar surface area (TPSA) is 29.1 Å². The minimum atomic E-state index is 0.0258. The van der Waals surface area contributed by atoms with Crippen LogP contribution in [-0.4, -0.2) is 11.9 Å². The molecule has 0 fully saturated rings. The first-order valence-electron chi connectivity index (χ1n) is 12.3. The molecule has 0 spiro atoms. The summed E-state index contributed by atoms with van der Waals surface area (Å²) < 4.78 is 0. The highest BCUT2D eigenvalue weighted by Crippen LogP contribution is 2.14. The summed E-state index contributed by atoms with van der Waals surface area (Å²) in [6, 6.07) is 0.0258. The maximum Gasteiger partial charge on any atom is 0.220 e. The Morgan fingerprint density at radius 3 is 1.22 bits per heavy atom. The number of hydrogen-bond donors (Lipinski definition) is 1. The standard InChI is InChI=1S/C25H50NO/c1-4-5-6-7-8-9-10-11-12-13-14-15-16-17-18-19-20-21-22-23-25(27)26-24(2)3/h24H,2,4-23H2,1,3H3,(H,26,27). The molecule has 0 saturated heterocycles. The van der Waals surface area contributed by atoms with Gasteiger partial charge in [-0.05, 0) is 20.3 Å². The zero-order chi connectivity index (χ0) is 20.0. The van der Waals surface area contributed by atoms with Crippen molar-refractivity contribution in [1.82, 2.24) is 5.32 Å². The van der Waals surface area contributed by atoms with E-state index in [-0.39, 0.29) is 11.9 Å². The number of rotatable bonds is 21. The molecule has 0 rings (SSSR count). The summed E-state index contributed by atoms with van der Waals surface area (Å²) in [5.74, 6) is 0.157. The molecule has 0 aromatic carbocycles. The van der Waals surface area contributed by atoms with Crippen molar-refractivity contribution < 1.29 is 4.79 Å². The molecule has 0 aliphatic rings. The van der Waals surface area contributed by atoms with Crippen LogP contribution >= 0.6 is 0 Å². The van der Waals surface area contributed by atoms with E-state index in [1.165, 1.54) is 116 Å². The molecular formula is C25H50NO. The lowest BCUT2D eigenvalue weighted by Crippen LogP contribution is -2.29. The average Bonchev–Trinajstić information content (AvgIpc) is 2.63. The molecular weight excluding hydrogens is 330 g/mol. The van der Waals surface area contributed by atoms with E-state index in [1.807, 2.05) is 6.92 Å². The van der Waals surface area contributed by atoms with Gasteiger partial charge in [0.25, 0.3) is 0 Å². The van der Waals surface area contributed by atoms with Gasteiger partial charge < -0.3 is 5.32 Å². The van der Waals surface area contributed by atoms with E-state index in [0.29, 0.717) is 6.42 Å². The Kier molecular flexibility index (Phi) is 21.3. The third-order valence-electron chi connectivity index (χ3n) is 5.41. The molecule has 2 nitrogen and oxygen atoms in total. The van der Waals surface area contributed by atoms with E-state index < -0.39 is 0 Å². The highest BCUT2D eigenvalue weighted by Gasteiger charge is 2.02. The van der Waals surface area contributed by atoms with Crippen molar-refractivity contribution in [3.05, 3.63) is 6.92 Å². The summed E-state index contributed by atoms with van der Waals surface area (Å²) in [5, 5.41) is 2.85. The molecule has 0 heterocycles. The van der Waals surface area contributed by atoms with Crippen LogP contribution in [0.5, 0.6) is 0 Å². The van der Waals surface area contributed by atoms with Crippen LogP contribution in [0, 0.1) is 6.92 Å². The highest BCUT2D eigenvalue weighted by molar-refractivity contribution is 5.76. The van der Waals surface area contributed by atoms with Gasteiger partial charge in [0.2, 0.25) is 5.91 Å². The Labute approximate surface area is 171 Å². The van der Waals surface area contributed by atoms with E-state index in [0.717, 1.165) is 6.42 Å². The van der Waals surface area contributed by atoms with E-state index in [1.54, 1.807) is 0 Å². The van der Waals surface area contributed by atoms with Crippen LogP contribution in [0.1, 0.15) is 142 Å². The van der Waals surface area contributed by atoms with Crippen LogP contribution in [0.3, 0.4) is 0 Å². The van der Waals surface area contributed by atoms with E-state index in [9.17, 15) is 4.79 Å². The minimum absolute atomic E-state index is 0.0258. The molecule has 1 atom stereocenters. The van der Waals surface area contributed by atoms with Crippen LogP contribution in [-0.2, 0) is 4.79 Å². The molecule has 1 radical (unpaired) electrons. The first-order chi connectivity index (χ1) is 13.2. The molecule has 0 aromatic rings. The second kappa shape index (κ2) is 21.8. The van der Waals surface area contributed by atoms with Crippen molar-refractivity contribution in [1.29, 1.82) is 0 Å². The molecule has 161 valence electrons. The fraction of sp³-hybridized carbons (Fsp3) is 0.920. The maximum atomic E-state index is 11.5. The second-order valence-corrected chi connectivity index (χ2v) is 8.58. The van der Waals surface area contributed by atoms with Crippen molar-refractivity contribution in [2.75, 3.05) is 0 Å². The van der Waals surface area contributed by atoms with Crippen molar-refractivity contribution in [3.8, 4) is 0 Å². The summed E-state index contributed by atoms with van der Waals surface area (Å²) >= 11 is 0. The van der Waals surface area contributed by atoms with Crippen LogP contribution in [0.15, 0.2) is 0 Å². The average molecular weight is 381 g/mol. The Morgan fingerprint density at radius 2 is 0.926 bits per heavy atom. The van der Waals surface area contributed by atoms with Crippen molar-refractivity contribution in [3.63, 3.8) is 0 Å². The molecule has 0 saturated carbocycles. The normalized spacial score (nSPS) is 11.3. The third kappa shape index (κ3) is 23.4. The van der Waals surface area contributed by atoms with Gasteiger partial charge in [-0.15, -0.1) is 0 Å². The van der Waals surface area contributed by atoms with Gasteiger partial charge in [-0.3, -0.25) is 4.79 Å². The number of unbranched alkanes of at least 4 members (excludes halogenated alkanes) is 18. The Balaban J connectivity index is 3.06. The zero-order valence-electron chi connectivity index (χ0n) is 18.8. The Bertz CT molecular complexity index is 301. The summed E-state index contributed by atoms with van der Waals surface area (Å²) in [4.78, 5) is 11.5. The fourth-order valence-corrected chi connectivity index (χ4v) is 3.71. The van der Waals surface area contributed by atoms with E-state index >= 15 is 0 Å². The van der Waals surface area contributed by atoms with Crippen molar-refractivity contribution >= 4 is 5.91 Å². The van der Waals surface area contributed by atoms with Crippen molar-refractivity contribution in [2.45, 2.75) is 148 Å². The lowest BCUT2D eigenvalue weighted by molar-refractivity contribution is -0.121. The first-order valence-corrected chi connectivity index (χ1v) is 12.3. The maximum absolute atomic E-state index is 11.5. The van der Waals surface area contributed by atoms with Crippen LogP contribution in [0.25, 0.3) is 0 Å². The molecule has 0 aliphatic heterocycles. The number of carbonyl (C=O) groups excluding carboxylic acids is 1. The molecule has 0 aromatic heterocycles. The zero-order valence-corrected chi connectivity index (χ0v) is 18.8. The van der Waals surface area contributed by atoms with Crippen LogP contribution in [0.4, 0.5) is 0 Å². The van der Waals surface area contributed by atoms with E-state index in [2.05, 4.69) is 19.2 Å². The Hall–Kier alpha value is -0.530. The number of carbonyl (C=O) groups is 1. The molecule has 0 bridgehead atoms. The third-order valence-corrected chi connectivity index (χ3v) is 5.41. The SMILES string of the molecule is [CH2]C(C)NC(=O)CCCCCCCCCCCCCCCCCCCCC. The lowest BCUT2D eigenvalue weighted by atomic mass is 10.0. The number of nitrogens with one attached hydrogen (secondary N) is 1. The van der Waals surface area contributed by atoms with Gasteiger partial charge in [-0.1, -0.05) is 122 Å². The lowest BCUT2D eigenvalue weighted by Gasteiger charge is -2.07. The van der Waals surface area contributed by atoms with Crippen LogP contribution in [0.2, 0.25) is 0 Å². The molecule has 27 heavy (non-hydrogen) atoms. The monoisotopic (exact) mass is 380 g/mol. The van der Waals surface area contributed by atoms with Gasteiger partial charge in [0.05, 0.1) is 0 Å². The molecule has 2 heteroatoms. The van der Waals surface area contributed by atoms with E-state index in [4.69, 9.17) is 0 Å². The first kappa shape index (κ1) is 26.5. The fourth-order valence-electron chi connectivity index (χ4n) is 3.71. The molecule has 0 aliphatic carbocycles. The molecule has 1 unspecified atom stereocenters. The quantitative estimate of drug-likeness (QED) is 0.200. The van der Waals surface area contributed by atoms with Gasteiger partial charge in [0.15, 0.2) is 0 Å². The van der Waals surface area contributed by atoms with Gasteiger partial charge in [-0.2, -0.15) is 0 Å². The summed E-state index contributed by atoms with van der Waals surface area (Å²) in [6.45, 7) is 7.98. The summed E-state index contributed by atoms with van der Waals surface area (Å²) in [5.41, 5.74) is 0. The van der Waals surface area contributed by atoms with Gasteiger partial charge in [-0.25, -0.2) is 0 Å². The largest absolute Gasteiger partial charge is 0.354 e.